The van der Waals surface area contributed by atoms with Gasteiger partial charge in [0.1, 0.15) is 23.0 Å². The van der Waals surface area contributed by atoms with Gasteiger partial charge < -0.3 is 20.9 Å². The highest BCUT2D eigenvalue weighted by Crippen LogP contribution is 2.30. The van der Waals surface area contributed by atoms with Crippen molar-refractivity contribution in [1.29, 1.82) is 0 Å². The first-order valence-electron chi connectivity index (χ1n) is 11.9. The third kappa shape index (κ3) is 5.39. The molecule has 0 amide bonds. The molecule has 0 aliphatic heterocycles. The van der Waals surface area contributed by atoms with Crippen molar-refractivity contribution in [3.05, 3.63) is 144 Å². The van der Waals surface area contributed by atoms with Gasteiger partial charge in [0.25, 0.3) is 0 Å². The highest BCUT2D eigenvalue weighted by Gasteiger charge is 2.18. The number of benzene rings is 5. The fourth-order valence-electron chi connectivity index (χ4n) is 3.98. The molecule has 0 aromatic heterocycles. The van der Waals surface area contributed by atoms with Gasteiger partial charge in [0.15, 0.2) is 11.6 Å². The molecular weight excluding hydrogens is 476 g/mol. The van der Waals surface area contributed by atoms with E-state index in [4.69, 9.17) is 20.9 Å². The van der Waals surface area contributed by atoms with E-state index in [9.17, 15) is 9.59 Å². The van der Waals surface area contributed by atoms with E-state index in [1.807, 2.05) is 0 Å². The van der Waals surface area contributed by atoms with E-state index < -0.39 is 0 Å². The Morgan fingerprint density at radius 1 is 0.474 bits per heavy atom. The smallest absolute Gasteiger partial charge is 0.196 e. The van der Waals surface area contributed by atoms with Gasteiger partial charge in [-0.2, -0.15) is 0 Å². The minimum atomic E-state index is -0.228. The molecule has 0 radical (unpaired) electrons. The van der Waals surface area contributed by atoms with E-state index in [1.165, 1.54) is 0 Å². The number of ether oxygens (including phenoxy) is 2. The highest BCUT2D eigenvalue weighted by atomic mass is 16.5. The lowest BCUT2D eigenvalue weighted by Crippen LogP contribution is -2.06. The van der Waals surface area contributed by atoms with Crippen LogP contribution < -0.4 is 20.9 Å². The monoisotopic (exact) mass is 500 g/mol. The number of hydrogen-bond acceptors (Lipinski definition) is 6. The van der Waals surface area contributed by atoms with Gasteiger partial charge in [-0.3, -0.25) is 9.59 Å². The van der Waals surface area contributed by atoms with Crippen LogP contribution in [0.5, 0.6) is 23.0 Å². The molecule has 5 aromatic carbocycles. The van der Waals surface area contributed by atoms with E-state index in [-0.39, 0.29) is 11.6 Å². The van der Waals surface area contributed by atoms with E-state index in [0.717, 1.165) is 0 Å². The SMILES string of the molecule is Nc1cccc(Oc2ccccc2C(=O)c2ccc(C(=O)c3ccccc3Oc3cccc(N)c3)cc2)c1. The standard InChI is InChI=1S/C32H24N2O4/c33-23-7-5-9-25(19-23)37-29-13-3-1-11-27(29)31(35)21-15-17-22(18-16-21)32(36)28-12-2-4-14-30(28)38-26-10-6-8-24(34)20-26/h1-20H,33-34H2. The van der Waals surface area contributed by atoms with Crippen LogP contribution in [0.2, 0.25) is 0 Å². The van der Waals surface area contributed by atoms with Gasteiger partial charge in [-0.25, -0.2) is 0 Å². The molecule has 0 bridgehead atoms. The Morgan fingerprint density at radius 3 is 1.26 bits per heavy atom. The average molecular weight is 501 g/mol. The van der Waals surface area contributed by atoms with E-state index in [1.54, 1.807) is 121 Å². The minimum absolute atomic E-state index is 0.228. The number of nitrogens with two attached hydrogens (primary N) is 2. The summed E-state index contributed by atoms with van der Waals surface area (Å²) in [6, 6.07) is 34.5. The predicted molar refractivity (Wildman–Crippen MR) is 148 cm³/mol. The van der Waals surface area contributed by atoms with Gasteiger partial charge in [-0.1, -0.05) is 60.7 Å². The minimum Gasteiger partial charge on any atom is -0.457 e. The van der Waals surface area contributed by atoms with Crippen molar-refractivity contribution in [3.8, 4) is 23.0 Å². The molecule has 0 aliphatic rings. The molecule has 0 saturated carbocycles. The molecule has 186 valence electrons. The fourth-order valence-corrected chi connectivity index (χ4v) is 3.98. The summed E-state index contributed by atoms with van der Waals surface area (Å²) in [4.78, 5) is 26.7. The van der Waals surface area contributed by atoms with Crippen molar-refractivity contribution in [2.24, 2.45) is 0 Å². The van der Waals surface area contributed by atoms with Gasteiger partial charge in [0, 0.05) is 34.6 Å². The zero-order valence-electron chi connectivity index (χ0n) is 20.3. The van der Waals surface area contributed by atoms with Gasteiger partial charge in [-0.05, 0) is 48.5 Å². The average Bonchev–Trinajstić information content (AvgIpc) is 2.93. The maximum absolute atomic E-state index is 13.3. The summed E-state index contributed by atoms with van der Waals surface area (Å²) in [5.74, 6) is 1.44. The lowest BCUT2D eigenvalue weighted by atomic mass is 9.98. The van der Waals surface area contributed by atoms with E-state index in [2.05, 4.69) is 0 Å². The number of rotatable bonds is 8. The fraction of sp³-hybridized carbons (Fsp3) is 0. The summed E-state index contributed by atoms with van der Waals surface area (Å²) in [5.41, 5.74) is 14.5. The molecule has 0 aliphatic carbocycles. The second kappa shape index (κ2) is 10.7. The lowest BCUT2D eigenvalue weighted by molar-refractivity contribution is 0.102. The van der Waals surface area contributed by atoms with Crippen molar-refractivity contribution in [2.45, 2.75) is 0 Å². The Kier molecular flexibility index (Phi) is 6.87. The van der Waals surface area contributed by atoms with Gasteiger partial charge >= 0.3 is 0 Å². The number of hydrogen-bond donors (Lipinski definition) is 2. The number of carbonyl (C=O) groups excluding carboxylic acids is 2. The molecule has 0 atom stereocenters. The quantitative estimate of drug-likeness (QED) is 0.177. The van der Waals surface area contributed by atoms with Crippen LogP contribution in [-0.2, 0) is 0 Å². The summed E-state index contributed by atoms with van der Waals surface area (Å²) in [5, 5.41) is 0. The molecule has 4 N–H and O–H groups in total. The highest BCUT2D eigenvalue weighted by molar-refractivity contribution is 6.13. The van der Waals surface area contributed by atoms with E-state index in [0.29, 0.717) is 56.6 Å². The molecule has 6 nitrogen and oxygen atoms in total. The molecule has 38 heavy (non-hydrogen) atoms. The zero-order chi connectivity index (χ0) is 26.5. The van der Waals surface area contributed by atoms with Crippen LogP contribution in [0.25, 0.3) is 0 Å². The van der Waals surface area contributed by atoms with Crippen molar-refractivity contribution in [1.82, 2.24) is 0 Å². The van der Waals surface area contributed by atoms with Crippen LogP contribution in [-0.4, -0.2) is 11.6 Å². The summed E-state index contributed by atoms with van der Waals surface area (Å²) in [6.45, 7) is 0. The summed E-state index contributed by atoms with van der Waals surface area (Å²) < 4.78 is 11.9. The topological polar surface area (TPSA) is 105 Å². The Morgan fingerprint density at radius 2 is 0.868 bits per heavy atom. The molecular formula is C32H24N2O4. The maximum Gasteiger partial charge on any atom is 0.196 e. The molecule has 0 saturated heterocycles. The first-order chi connectivity index (χ1) is 18.5. The molecule has 0 fully saturated rings. The summed E-state index contributed by atoms with van der Waals surface area (Å²) in [7, 11) is 0. The predicted octanol–water partition coefficient (Wildman–Crippen LogP) is 6.90. The summed E-state index contributed by atoms with van der Waals surface area (Å²) >= 11 is 0. The van der Waals surface area contributed by atoms with Crippen molar-refractivity contribution < 1.29 is 19.1 Å². The Hall–Kier alpha value is -5.36. The number of carbonyl (C=O) groups is 2. The normalized spacial score (nSPS) is 10.5. The molecule has 0 heterocycles. The third-order valence-electron chi connectivity index (χ3n) is 5.84. The van der Waals surface area contributed by atoms with Gasteiger partial charge in [-0.15, -0.1) is 0 Å². The Labute approximate surface area is 220 Å². The first-order valence-corrected chi connectivity index (χ1v) is 11.9. The maximum atomic E-state index is 13.3. The summed E-state index contributed by atoms with van der Waals surface area (Å²) in [6.07, 6.45) is 0. The molecule has 6 heteroatoms. The zero-order valence-corrected chi connectivity index (χ0v) is 20.3. The van der Waals surface area contributed by atoms with Crippen molar-refractivity contribution >= 4 is 22.9 Å². The third-order valence-corrected chi connectivity index (χ3v) is 5.84. The lowest BCUT2D eigenvalue weighted by Gasteiger charge is -2.12. The molecule has 0 spiro atoms. The molecule has 5 rings (SSSR count). The first kappa shape index (κ1) is 24.3. The van der Waals surface area contributed by atoms with Gasteiger partial charge in [0.05, 0.1) is 11.1 Å². The van der Waals surface area contributed by atoms with Crippen LogP contribution in [0, 0.1) is 0 Å². The second-order valence-corrected chi connectivity index (χ2v) is 8.58. The number of anilines is 2. The molecule has 5 aromatic rings. The van der Waals surface area contributed by atoms with Crippen molar-refractivity contribution in [2.75, 3.05) is 11.5 Å². The number of nitrogen functional groups attached to an aromatic ring is 2. The Bertz CT molecular complexity index is 1510. The number of para-hydroxylation sites is 2. The van der Waals surface area contributed by atoms with E-state index >= 15 is 0 Å². The largest absolute Gasteiger partial charge is 0.457 e. The van der Waals surface area contributed by atoms with Gasteiger partial charge in [0.2, 0.25) is 0 Å². The second-order valence-electron chi connectivity index (χ2n) is 8.58. The van der Waals surface area contributed by atoms with Crippen LogP contribution in [0.4, 0.5) is 11.4 Å². The molecule has 0 unspecified atom stereocenters. The van der Waals surface area contributed by atoms with Crippen LogP contribution in [0.1, 0.15) is 31.8 Å². The Balaban J connectivity index is 1.37. The van der Waals surface area contributed by atoms with Crippen molar-refractivity contribution in [3.63, 3.8) is 0 Å². The van der Waals surface area contributed by atoms with Crippen LogP contribution >= 0.6 is 0 Å². The van der Waals surface area contributed by atoms with Crippen LogP contribution in [0.15, 0.2) is 121 Å². The number of ketones is 2. The van der Waals surface area contributed by atoms with Crippen LogP contribution in [0.3, 0.4) is 0 Å².